The molecule has 0 amide bonds. The zero-order valence-electron chi connectivity index (χ0n) is 7.71. The molecule has 0 unspecified atom stereocenters. The van der Waals surface area contributed by atoms with E-state index in [4.69, 9.17) is 0 Å². The quantitative estimate of drug-likeness (QED) is 0.654. The Morgan fingerprint density at radius 3 is 2.25 bits per heavy atom. The van der Waals surface area contributed by atoms with Crippen molar-refractivity contribution in [3.8, 4) is 0 Å². The van der Waals surface area contributed by atoms with Gasteiger partial charge >= 0.3 is 0 Å². The Kier molecular flexibility index (Phi) is 6.57. The Bertz CT molecular complexity index is 206. The standard InChI is InChI=1S/C7H7.C3H7.Al.ClH/c1-7-5-3-2-4-6-7;1-3-2;;/h3-6H,1H3;1,3H2,2H3;;1H. The fourth-order valence-electron chi connectivity index (χ4n) is 1.01. The summed E-state index contributed by atoms with van der Waals surface area (Å²) >= 11 is 0.537. The molecule has 0 N–H and O–H groups in total. The van der Waals surface area contributed by atoms with Crippen LogP contribution >= 0.6 is 12.4 Å². The summed E-state index contributed by atoms with van der Waals surface area (Å²) in [6, 6.07) is 8.94. The number of halogens is 1. The molecule has 1 rings (SSSR count). The van der Waals surface area contributed by atoms with E-state index in [1.54, 1.807) is 4.43 Å². The van der Waals surface area contributed by atoms with Crippen molar-refractivity contribution in [1.82, 2.24) is 0 Å². The maximum atomic E-state index is 2.26. The molecule has 0 aromatic heterocycles. The smallest absolute Gasteiger partial charge is 0.147 e. The molecule has 0 heterocycles. The molecular formula is C10H15AlCl. The van der Waals surface area contributed by atoms with E-state index >= 15 is 0 Å². The number of aryl methyl sites for hydroxylation is 1. The molecular weight excluding hydrogens is 183 g/mol. The molecule has 12 heavy (non-hydrogen) atoms. The molecule has 1 aromatic carbocycles. The molecule has 1 aromatic rings. The van der Waals surface area contributed by atoms with Gasteiger partial charge in [-0.05, 0) is 6.92 Å². The van der Waals surface area contributed by atoms with Crippen LogP contribution in [0.1, 0.15) is 18.9 Å². The van der Waals surface area contributed by atoms with Crippen molar-refractivity contribution in [2.24, 2.45) is 0 Å². The molecule has 65 valence electrons. The maximum Gasteiger partial charge on any atom is 0.250 e. The summed E-state index contributed by atoms with van der Waals surface area (Å²) in [7, 11) is 0. The van der Waals surface area contributed by atoms with Gasteiger partial charge in [0.05, 0.1) is 0 Å². The van der Waals surface area contributed by atoms with Crippen LogP contribution in [0.25, 0.3) is 0 Å². The summed E-state index contributed by atoms with van der Waals surface area (Å²) in [6.45, 7) is 4.39. The molecule has 0 nitrogen and oxygen atoms in total. The highest BCUT2D eigenvalue weighted by atomic mass is 35.5. The predicted octanol–water partition coefficient (Wildman–Crippen LogP) is 2.57. The van der Waals surface area contributed by atoms with E-state index < -0.39 is 0 Å². The van der Waals surface area contributed by atoms with Crippen molar-refractivity contribution in [1.29, 1.82) is 0 Å². The van der Waals surface area contributed by atoms with Gasteiger partial charge in [0, 0.05) is 0 Å². The summed E-state index contributed by atoms with van der Waals surface area (Å²) in [5.41, 5.74) is 1.37. The molecule has 0 atom stereocenters. The topological polar surface area (TPSA) is 0 Å². The van der Waals surface area contributed by atoms with E-state index in [-0.39, 0.29) is 12.4 Å². The van der Waals surface area contributed by atoms with Gasteiger partial charge in [0.2, 0.25) is 15.2 Å². The molecule has 1 radical (unpaired) electrons. The highest BCUT2D eigenvalue weighted by Crippen LogP contribution is 1.93. The number of benzene rings is 1. The first kappa shape index (κ1) is 12.0. The minimum atomic E-state index is 0. The van der Waals surface area contributed by atoms with Crippen molar-refractivity contribution in [3.05, 3.63) is 29.8 Å². The average Bonchev–Trinajstić information content (AvgIpc) is 2.04. The van der Waals surface area contributed by atoms with Crippen molar-refractivity contribution >= 4 is 32.1 Å². The van der Waals surface area contributed by atoms with Crippen molar-refractivity contribution in [2.75, 3.05) is 0 Å². The van der Waals surface area contributed by atoms with E-state index in [2.05, 4.69) is 38.1 Å². The number of hydrogen-bond acceptors (Lipinski definition) is 0. The second-order valence-electron chi connectivity index (χ2n) is 2.90. The summed E-state index contributed by atoms with van der Waals surface area (Å²) in [5.74, 6) is 0. The maximum absolute atomic E-state index is 2.26. The van der Waals surface area contributed by atoms with Gasteiger partial charge in [-0.1, -0.05) is 48.5 Å². The van der Waals surface area contributed by atoms with Crippen molar-refractivity contribution in [3.63, 3.8) is 0 Å². The summed E-state index contributed by atoms with van der Waals surface area (Å²) in [5, 5.41) is 1.39. The van der Waals surface area contributed by atoms with Gasteiger partial charge in [0.25, 0.3) is 0 Å². The molecule has 0 aliphatic rings. The van der Waals surface area contributed by atoms with Gasteiger partial charge in [-0.15, -0.1) is 16.8 Å². The molecule has 0 saturated carbocycles. The van der Waals surface area contributed by atoms with Gasteiger partial charge in [0.15, 0.2) is 0 Å². The lowest BCUT2D eigenvalue weighted by Crippen LogP contribution is -2.12. The molecule has 0 saturated heterocycles. The molecule has 0 aliphatic carbocycles. The van der Waals surface area contributed by atoms with Crippen LogP contribution in [0.15, 0.2) is 24.3 Å². The van der Waals surface area contributed by atoms with Crippen LogP contribution in [0, 0.1) is 6.92 Å². The van der Waals surface area contributed by atoms with Crippen LogP contribution in [0.5, 0.6) is 0 Å². The van der Waals surface area contributed by atoms with Gasteiger partial charge in [-0.25, -0.2) is 0 Å². The lowest BCUT2D eigenvalue weighted by Gasteiger charge is -1.97. The third-order valence-electron chi connectivity index (χ3n) is 1.75. The van der Waals surface area contributed by atoms with Crippen LogP contribution < -0.4 is 4.43 Å². The first-order chi connectivity index (χ1) is 5.33. The SMILES string of the molecule is CC[CH2][Al][c]1ccc(C)cc1.Cl. The third kappa shape index (κ3) is 4.16. The highest BCUT2D eigenvalue weighted by Gasteiger charge is 1.93. The van der Waals surface area contributed by atoms with Crippen LogP contribution in [0.3, 0.4) is 0 Å². The zero-order valence-corrected chi connectivity index (χ0v) is 9.68. The highest BCUT2D eigenvalue weighted by molar-refractivity contribution is 6.53. The molecule has 0 spiro atoms. The van der Waals surface area contributed by atoms with Crippen LogP contribution in [-0.4, -0.2) is 15.2 Å². The minimum Gasteiger partial charge on any atom is -0.147 e. The van der Waals surface area contributed by atoms with E-state index in [9.17, 15) is 0 Å². The summed E-state index contributed by atoms with van der Waals surface area (Å²) < 4.78 is 1.55. The Balaban J connectivity index is 0.00000121. The van der Waals surface area contributed by atoms with Gasteiger partial charge in [-0.3, -0.25) is 0 Å². The lowest BCUT2D eigenvalue weighted by molar-refractivity contribution is 1.08. The first-order valence-corrected chi connectivity index (χ1v) is 5.62. The largest absolute Gasteiger partial charge is 0.250 e. The second kappa shape index (κ2) is 6.55. The Labute approximate surface area is 87.5 Å². The average molecular weight is 198 g/mol. The Morgan fingerprint density at radius 1 is 1.17 bits per heavy atom. The van der Waals surface area contributed by atoms with Gasteiger partial charge in [-0.2, -0.15) is 0 Å². The molecule has 0 bridgehead atoms. The van der Waals surface area contributed by atoms with Crippen LogP contribution in [0.4, 0.5) is 0 Å². The van der Waals surface area contributed by atoms with Crippen LogP contribution in [-0.2, 0) is 0 Å². The van der Waals surface area contributed by atoms with Crippen LogP contribution in [0.2, 0.25) is 5.28 Å². The molecule has 0 fully saturated rings. The van der Waals surface area contributed by atoms with Crippen molar-refractivity contribution in [2.45, 2.75) is 25.6 Å². The molecule has 0 aliphatic heterocycles. The number of rotatable bonds is 3. The van der Waals surface area contributed by atoms with E-state index in [0.717, 1.165) is 0 Å². The predicted molar refractivity (Wildman–Crippen MR) is 58.9 cm³/mol. The Hall–Kier alpha value is 0.0425. The normalized spacial score (nSPS) is 8.83. The van der Waals surface area contributed by atoms with Gasteiger partial charge < -0.3 is 0 Å². The second-order valence-corrected chi connectivity index (χ2v) is 4.56. The summed E-state index contributed by atoms with van der Waals surface area (Å²) in [4.78, 5) is 0. The Morgan fingerprint density at radius 2 is 1.75 bits per heavy atom. The van der Waals surface area contributed by atoms with Crippen molar-refractivity contribution < 1.29 is 0 Å². The number of hydrogen-bond donors (Lipinski definition) is 0. The minimum absolute atomic E-state index is 0. The monoisotopic (exact) mass is 197 g/mol. The summed E-state index contributed by atoms with van der Waals surface area (Å²) in [6.07, 6.45) is 1.32. The fourth-order valence-corrected chi connectivity index (χ4v) is 2.10. The fraction of sp³-hybridized carbons (Fsp3) is 0.400. The van der Waals surface area contributed by atoms with E-state index in [1.807, 2.05) is 0 Å². The third-order valence-corrected chi connectivity index (χ3v) is 3.47. The molecule has 2 heteroatoms. The first-order valence-electron chi connectivity index (χ1n) is 4.23. The zero-order chi connectivity index (χ0) is 8.10. The lowest BCUT2D eigenvalue weighted by atomic mass is 10.2. The van der Waals surface area contributed by atoms with Gasteiger partial charge in [0.1, 0.15) is 0 Å². The van der Waals surface area contributed by atoms with E-state index in [1.165, 1.54) is 17.3 Å². The van der Waals surface area contributed by atoms with E-state index in [0.29, 0.717) is 15.2 Å².